The van der Waals surface area contributed by atoms with Gasteiger partial charge in [-0.3, -0.25) is 0 Å². The van der Waals surface area contributed by atoms with E-state index >= 15 is 0 Å². The van der Waals surface area contributed by atoms with Crippen LogP contribution in [-0.4, -0.2) is 4.57 Å². The van der Waals surface area contributed by atoms with Crippen molar-refractivity contribution in [3.63, 3.8) is 0 Å². The molecule has 0 saturated heterocycles. The number of rotatable bonds is 5. The minimum Gasteiger partial charge on any atom is -0.455 e. The first kappa shape index (κ1) is 35.3. The fourth-order valence-electron chi connectivity index (χ4n) is 11.2. The highest BCUT2D eigenvalue weighted by atomic mass is 16.3. The number of para-hydroxylation sites is 2. The lowest BCUT2D eigenvalue weighted by molar-refractivity contribution is 0.629. The van der Waals surface area contributed by atoms with Gasteiger partial charge in [0.05, 0.1) is 5.52 Å². The number of aryl methyl sites for hydroxylation is 1. The van der Waals surface area contributed by atoms with E-state index in [1.165, 1.54) is 99.1 Å². The quantitative estimate of drug-likeness (QED) is 0.170. The van der Waals surface area contributed by atoms with Crippen molar-refractivity contribution in [2.24, 2.45) is 0 Å². The Balaban J connectivity index is 1.03. The van der Waals surface area contributed by atoms with E-state index < -0.39 is 0 Å². The van der Waals surface area contributed by atoms with Crippen molar-refractivity contribution in [1.82, 2.24) is 4.57 Å². The lowest BCUT2D eigenvalue weighted by Crippen LogP contribution is -2.07. The van der Waals surface area contributed by atoms with Gasteiger partial charge in [-0.1, -0.05) is 164 Å². The van der Waals surface area contributed by atoms with Crippen LogP contribution in [0.25, 0.3) is 88.4 Å². The van der Waals surface area contributed by atoms with E-state index in [0.717, 1.165) is 42.4 Å². The Bertz CT molecular complexity index is 3590. The minimum atomic E-state index is 0.124. The van der Waals surface area contributed by atoms with Crippen molar-refractivity contribution >= 4 is 60.5 Å². The highest BCUT2D eigenvalue weighted by Gasteiger charge is 2.28. The molecular weight excluding hydrogens is 751 g/mol. The van der Waals surface area contributed by atoms with Crippen LogP contribution in [0.4, 0.5) is 0 Å². The highest BCUT2D eigenvalue weighted by Crippen LogP contribution is 2.47. The second-order valence-electron chi connectivity index (χ2n) is 17.4. The lowest BCUT2D eigenvalue weighted by Gasteiger charge is -2.21. The lowest BCUT2D eigenvalue weighted by atomic mass is 9.85. The normalized spacial score (nSPS) is 15.9. The number of allylic oxidation sites excluding steroid dienone is 1. The van der Waals surface area contributed by atoms with Crippen LogP contribution in [0, 0.1) is 0 Å². The van der Waals surface area contributed by atoms with Crippen molar-refractivity contribution < 1.29 is 4.42 Å². The molecule has 294 valence electrons. The second kappa shape index (κ2) is 14.1. The SMILES string of the molecule is C1=CC(c2ccc3cccc4c5cccc6ccc(-c7ccc8c(c7)-c7ccccc7CCC8Cc7ccccc7)c(oc2c34)c65)Cc2c1n(-c1ccccc1)c1ccccc21. The summed E-state index contributed by atoms with van der Waals surface area (Å²) in [5, 5.41) is 8.49. The monoisotopic (exact) mass is 793 g/mol. The molecule has 0 fully saturated rings. The number of hydrogen-bond donors (Lipinski definition) is 0. The van der Waals surface area contributed by atoms with E-state index in [4.69, 9.17) is 4.42 Å². The number of benzene rings is 9. The molecule has 0 saturated carbocycles. The molecular formula is C60H43NO. The third-order valence-electron chi connectivity index (χ3n) is 14.1. The van der Waals surface area contributed by atoms with Crippen molar-refractivity contribution in [1.29, 1.82) is 0 Å². The summed E-state index contributed by atoms with van der Waals surface area (Å²) < 4.78 is 10.1. The molecule has 2 heteroatoms. The van der Waals surface area contributed by atoms with Crippen LogP contribution in [0.15, 0.2) is 199 Å². The summed E-state index contributed by atoms with van der Waals surface area (Å²) in [5.41, 5.74) is 17.5. The van der Waals surface area contributed by atoms with Gasteiger partial charge in [0, 0.05) is 44.6 Å². The molecule has 0 N–H and O–H groups in total. The Kier molecular flexibility index (Phi) is 8.03. The average molecular weight is 794 g/mol. The zero-order valence-electron chi connectivity index (χ0n) is 34.4. The second-order valence-corrected chi connectivity index (χ2v) is 17.4. The van der Waals surface area contributed by atoms with Gasteiger partial charge in [0.2, 0.25) is 0 Å². The maximum absolute atomic E-state index is 7.67. The first-order chi connectivity index (χ1) is 30.7. The summed E-state index contributed by atoms with van der Waals surface area (Å²) in [7, 11) is 0. The van der Waals surface area contributed by atoms with Crippen LogP contribution >= 0.6 is 0 Å². The molecule has 62 heavy (non-hydrogen) atoms. The molecule has 2 aliphatic rings. The highest BCUT2D eigenvalue weighted by molar-refractivity contribution is 6.25. The Morgan fingerprint density at radius 2 is 1.23 bits per heavy atom. The number of nitrogens with zero attached hydrogens (tertiary/aromatic N) is 1. The van der Waals surface area contributed by atoms with Gasteiger partial charge in [-0.05, 0) is 128 Å². The van der Waals surface area contributed by atoms with Crippen LogP contribution in [0.2, 0.25) is 0 Å². The molecule has 11 aromatic rings. The van der Waals surface area contributed by atoms with Crippen molar-refractivity contribution in [2.45, 2.75) is 37.5 Å². The van der Waals surface area contributed by atoms with E-state index in [0.29, 0.717) is 5.92 Å². The van der Waals surface area contributed by atoms with Gasteiger partial charge in [-0.15, -0.1) is 0 Å². The summed E-state index contributed by atoms with van der Waals surface area (Å²) in [6.45, 7) is 0. The molecule has 0 bridgehead atoms. The zero-order chi connectivity index (χ0) is 40.7. The van der Waals surface area contributed by atoms with Gasteiger partial charge < -0.3 is 8.98 Å². The molecule has 0 aliphatic heterocycles. The van der Waals surface area contributed by atoms with Crippen LogP contribution in [-0.2, 0) is 19.3 Å². The summed E-state index contributed by atoms with van der Waals surface area (Å²) in [6.07, 6.45) is 8.88. The third kappa shape index (κ3) is 5.49. The Morgan fingerprint density at radius 1 is 0.532 bits per heavy atom. The zero-order valence-corrected chi connectivity index (χ0v) is 34.4. The first-order valence-corrected chi connectivity index (χ1v) is 22.2. The fourth-order valence-corrected chi connectivity index (χ4v) is 11.2. The van der Waals surface area contributed by atoms with Crippen LogP contribution in [0.3, 0.4) is 0 Å². The Hall–Kier alpha value is -7.42. The van der Waals surface area contributed by atoms with Crippen molar-refractivity contribution in [3.05, 3.63) is 228 Å². The van der Waals surface area contributed by atoms with Gasteiger partial charge in [-0.2, -0.15) is 0 Å². The Labute approximate surface area is 361 Å². The molecule has 2 unspecified atom stereocenters. The standard InChI is InChI=1S/C60H43NO/c1-3-13-38(14-4-1)35-42-26-25-39-15-7-8-20-46(39)53-36-43(29-31-47(42)53)48-32-27-40-16-11-22-51-52-23-12-17-41-28-33-49(60(58(41)52)62-59(48)57(40)51)44-30-34-56-54(37-44)50-21-9-10-24-55(50)61(56)45-18-5-2-6-19-45/h1-24,27-34,36,42,44H,25-26,35,37H2. The van der Waals surface area contributed by atoms with Gasteiger partial charge in [0.25, 0.3) is 0 Å². The Morgan fingerprint density at radius 3 is 2.06 bits per heavy atom. The predicted octanol–water partition coefficient (Wildman–Crippen LogP) is 15.8. The predicted molar refractivity (Wildman–Crippen MR) is 260 cm³/mol. The van der Waals surface area contributed by atoms with Crippen molar-refractivity contribution in [2.75, 3.05) is 0 Å². The van der Waals surface area contributed by atoms with E-state index in [9.17, 15) is 0 Å². The molecule has 0 spiro atoms. The molecule has 2 nitrogen and oxygen atoms in total. The molecule has 2 atom stereocenters. The van der Waals surface area contributed by atoms with Crippen LogP contribution in [0.1, 0.15) is 51.8 Å². The number of fused-ring (bicyclic) bond motifs is 7. The first-order valence-electron chi connectivity index (χ1n) is 22.2. The van der Waals surface area contributed by atoms with E-state index in [1.807, 2.05) is 0 Å². The largest absolute Gasteiger partial charge is 0.455 e. The molecule has 9 aromatic carbocycles. The molecule has 0 radical (unpaired) electrons. The van der Waals surface area contributed by atoms with Gasteiger partial charge in [0.15, 0.2) is 0 Å². The van der Waals surface area contributed by atoms with Gasteiger partial charge in [0.1, 0.15) is 11.2 Å². The van der Waals surface area contributed by atoms with Gasteiger partial charge >= 0.3 is 0 Å². The van der Waals surface area contributed by atoms with E-state index in [-0.39, 0.29) is 5.92 Å². The van der Waals surface area contributed by atoms with Gasteiger partial charge in [-0.25, -0.2) is 0 Å². The maximum atomic E-state index is 7.67. The summed E-state index contributed by atoms with van der Waals surface area (Å²) in [6, 6.07) is 69.7. The van der Waals surface area contributed by atoms with Crippen molar-refractivity contribution in [3.8, 4) is 27.9 Å². The molecule has 2 heterocycles. The summed E-state index contributed by atoms with van der Waals surface area (Å²) in [5.74, 6) is 0.551. The topological polar surface area (TPSA) is 18.1 Å². The molecule has 2 aliphatic carbocycles. The minimum absolute atomic E-state index is 0.124. The molecule has 0 amide bonds. The third-order valence-corrected chi connectivity index (χ3v) is 14.1. The molecule has 2 aromatic heterocycles. The summed E-state index contributed by atoms with van der Waals surface area (Å²) >= 11 is 0. The fraction of sp³-hybridized carbons (Fsp3) is 0.100. The number of aromatic nitrogens is 1. The maximum Gasteiger partial charge on any atom is 0.143 e. The average Bonchev–Trinajstić information content (AvgIpc) is 3.47. The smallest absolute Gasteiger partial charge is 0.143 e. The van der Waals surface area contributed by atoms with Crippen LogP contribution < -0.4 is 0 Å². The van der Waals surface area contributed by atoms with E-state index in [2.05, 4.69) is 205 Å². The summed E-state index contributed by atoms with van der Waals surface area (Å²) in [4.78, 5) is 0. The molecule has 13 rings (SSSR count). The number of hydrogen-bond acceptors (Lipinski definition) is 1. The van der Waals surface area contributed by atoms with E-state index in [1.54, 1.807) is 0 Å². The van der Waals surface area contributed by atoms with Crippen LogP contribution in [0.5, 0.6) is 0 Å².